The van der Waals surface area contributed by atoms with Crippen molar-refractivity contribution in [1.29, 1.82) is 0 Å². The van der Waals surface area contributed by atoms with Crippen LogP contribution in [0.4, 0.5) is 0 Å². The lowest BCUT2D eigenvalue weighted by atomic mass is 9.82. The Balaban J connectivity index is 1.84. The number of ether oxygens (including phenoxy) is 1. The molecule has 1 aliphatic heterocycles. The van der Waals surface area contributed by atoms with E-state index in [1.54, 1.807) is 0 Å². The molecule has 4 aliphatic rings. The lowest BCUT2D eigenvalue weighted by Crippen LogP contribution is -2.19. The third kappa shape index (κ3) is 0.618. The molecule has 4 rings (SSSR count). The van der Waals surface area contributed by atoms with Gasteiger partial charge in [0.2, 0.25) is 0 Å². The molecule has 0 N–H and O–H groups in total. The first kappa shape index (κ1) is 8.12. The molecule has 0 aromatic carbocycles. The highest BCUT2D eigenvalue weighted by Crippen LogP contribution is 2.91. The quantitative estimate of drug-likeness (QED) is 0.494. The van der Waals surface area contributed by atoms with E-state index in [2.05, 4.69) is 31.9 Å². The van der Waals surface area contributed by atoms with Crippen molar-refractivity contribution in [2.45, 2.75) is 47.5 Å². The number of rotatable bonds is 0. The van der Waals surface area contributed by atoms with Gasteiger partial charge in [-0.2, -0.15) is 0 Å². The van der Waals surface area contributed by atoms with Crippen LogP contribution in [-0.4, -0.2) is 15.4 Å². The first-order chi connectivity index (χ1) is 6.13. The van der Waals surface area contributed by atoms with Crippen LogP contribution in [0.25, 0.3) is 0 Å². The molecule has 13 heavy (non-hydrogen) atoms. The summed E-state index contributed by atoms with van der Waals surface area (Å²) < 4.78 is 5.93. The highest BCUT2D eigenvalue weighted by Gasteiger charge is 2.89. The maximum Gasteiger partial charge on any atom is 0.0931 e. The largest absolute Gasteiger partial charge is 0.370 e. The molecule has 3 heteroatoms. The van der Waals surface area contributed by atoms with E-state index in [4.69, 9.17) is 4.74 Å². The Hall–Kier alpha value is 0.920. The summed E-state index contributed by atoms with van der Waals surface area (Å²) in [6, 6.07) is 0. The third-order valence-electron chi connectivity index (χ3n) is 5.05. The molecule has 0 amide bonds. The summed E-state index contributed by atoms with van der Waals surface area (Å²) in [6.45, 7) is 0. The molecule has 72 valence electrons. The molecule has 0 bridgehead atoms. The minimum atomic E-state index is 0.273. The Kier molecular flexibility index (Phi) is 1.20. The molecule has 0 radical (unpaired) electrons. The molecular weight excluding hydrogens is 296 g/mol. The predicted molar refractivity (Wildman–Crippen MR) is 57.2 cm³/mol. The molecule has 0 aromatic rings. The topological polar surface area (TPSA) is 12.5 Å². The summed E-state index contributed by atoms with van der Waals surface area (Å²) in [5.74, 6) is 0. The number of halogens is 2. The minimum Gasteiger partial charge on any atom is -0.370 e. The van der Waals surface area contributed by atoms with Crippen molar-refractivity contribution in [2.24, 2.45) is 10.8 Å². The Morgan fingerprint density at radius 1 is 1.00 bits per heavy atom. The van der Waals surface area contributed by atoms with Gasteiger partial charge >= 0.3 is 0 Å². The highest BCUT2D eigenvalue weighted by atomic mass is 79.9. The average molecular weight is 308 g/mol. The predicted octanol–water partition coefficient (Wildman–Crippen LogP) is 3.20. The summed E-state index contributed by atoms with van der Waals surface area (Å²) >= 11 is 7.83. The van der Waals surface area contributed by atoms with Gasteiger partial charge in [0.05, 0.1) is 15.4 Å². The van der Waals surface area contributed by atoms with Gasteiger partial charge in [-0.25, -0.2) is 0 Å². The smallest absolute Gasteiger partial charge is 0.0931 e. The fourth-order valence-electron chi connectivity index (χ4n) is 4.30. The maximum atomic E-state index is 5.66. The zero-order valence-corrected chi connectivity index (χ0v) is 10.5. The fourth-order valence-corrected chi connectivity index (χ4v) is 7.06. The molecule has 4 fully saturated rings. The lowest BCUT2D eigenvalue weighted by Gasteiger charge is -2.18. The van der Waals surface area contributed by atoms with Gasteiger partial charge in [-0.05, 0) is 25.7 Å². The van der Waals surface area contributed by atoms with Crippen LogP contribution in [0, 0.1) is 10.8 Å². The van der Waals surface area contributed by atoms with E-state index in [-0.39, 0.29) is 3.23 Å². The van der Waals surface area contributed by atoms with Crippen molar-refractivity contribution in [1.82, 2.24) is 0 Å². The number of fused-ring (bicyclic) bond motifs is 1. The third-order valence-corrected chi connectivity index (χ3v) is 8.09. The van der Waals surface area contributed by atoms with Crippen LogP contribution in [0.2, 0.25) is 0 Å². The summed E-state index contributed by atoms with van der Waals surface area (Å²) in [4.78, 5) is 0. The van der Waals surface area contributed by atoms with Crippen LogP contribution >= 0.6 is 31.9 Å². The normalized spacial score (nSPS) is 65.1. The van der Waals surface area contributed by atoms with Gasteiger partial charge in [0.1, 0.15) is 0 Å². The second kappa shape index (κ2) is 1.92. The lowest BCUT2D eigenvalue weighted by molar-refractivity contribution is 0.309. The average Bonchev–Trinajstić information content (AvgIpc) is 2.78. The second-order valence-corrected chi connectivity index (χ2v) is 8.66. The van der Waals surface area contributed by atoms with Crippen LogP contribution in [0.1, 0.15) is 32.1 Å². The standard InChI is InChI=1S/C10H12Br2O/c11-10(12)8-2-1-3-9(8,10)5-7-6(4-8)13-7/h6-7H,1-5H2/t6-,7+,8-,9+. The molecule has 0 aromatic heterocycles. The first-order valence-corrected chi connectivity index (χ1v) is 6.75. The Labute approximate surface area is 94.8 Å². The van der Waals surface area contributed by atoms with Crippen LogP contribution in [0.5, 0.6) is 0 Å². The van der Waals surface area contributed by atoms with E-state index in [1.807, 2.05) is 0 Å². The van der Waals surface area contributed by atoms with Gasteiger partial charge in [0, 0.05) is 10.8 Å². The molecule has 1 nitrogen and oxygen atoms in total. The van der Waals surface area contributed by atoms with E-state index >= 15 is 0 Å². The monoisotopic (exact) mass is 306 g/mol. The molecule has 1 heterocycles. The SMILES string of the molecule is BrC1(Br)[C@@]23CCC[C@@]12C[C@@H]1O[C@@H]1C3. The van der Waals surface area contributed by atoms with Crippen LogP contribution < -0.4 is 0 Å². The van der Waals surface area contributed by atoms with Crippen molar-refractivity contribution in [2.75, 3.05) is 0 Å². The number of hydrogen-bond acceptors (Lipinski definition) is 1. The van der Waals surface area contributed by atoms with Gasteiger partial charge in [0.15, 0.2) is 0 Å². The number of alkyl halides is 2. The summed E-state index contributed by atoms with van der Waals surface area (Å²) in [7, 11) is 0. The first-order valence-electron chi connectivity index (χ1n) is 5.16. The van der Waals surface area contributed by atoms with Gasteiger partial charge in [0.25, 0.3) is 0 Å². The summed E-state index contributed by atoms with van der Waals surface area (Å²) in [6.07, 6.45) is 8.05. The fraction of sp³-hybridized carbons (Fsp3) is 1.00. The zero-order chi connectivity index (χ0) is 8.90. The molecular formula is C10H12Br2O. The van der Waals surface area contributed by atoms with E-state index in [0.717, 1.165) is 0 Å². The van der Waals surface area contributed by atoms with Gasteiger partial charge < -0.3 is 4.74 Å². The Morgan fingerprint density at radius 2 is 1.54 bits per heavy atom. The zero-order valence-electron chi connectivity index (χ0n) is 7.35. The minimum absolute atomic E-state index is 0.273. The van der Waals surface area contributed by atoms with Crippen molar-refractivity contribution < 1.29 is 4.74 Å². The van der Waals surface area contributed by atoms with Gasteiger partial charge in [-0.3, -0.25) is 0 Å². The van der Waals surface area contributed by atoms with Crippen LogP contribution in [0.3, 0.4) is 0 Å². The van der Waals surface area contributed by atoms with E-state index in [9.17, 15) is 0 Å². The second-order valence-electron chi connectivity index (χ2n) is 5.21. The molecule has 1 saturated heterocycles. The molecule has 4 atom stereocenters. The van der Waals surface area contributed by atoms with E-state index in [1.165, 1.54) is 32.1 Å². The van der Waals surface area contributed by atoms with Crippen LogP contribution in [-0.2, 0) is 4.74 Å². The summed E-state index contributed by atoms with van der Waals surface area (Å²) in [5, 5.41) is 0. The van der Waals surface area contributed by atoms with Crippen molar-refractivity contribution in [3.8, 4) is 0 Å². The van der Waals surface area contributed by atoms with Crippen molar-refractivity contribution >= 4 is 31.9 Å². The molecule has 0 unspecified atom stereocenters. The molecule has 3 saturated carbocycles. The maximum absolute atomic E-state index is 5.66. The number of epoxide rings is 1. The van der Waals surface area contributed by atoms with Crippen LogP contribution in [0.15, 0.2) is 0 Å². The van der Waals surface area contributed by atoms with E-state index < -0.39 is 0 Å². The molecule has 3 aliphatic carbocycles. The van der Waals surface area contributed by atoms with Gasteiger partial charge in [-0.1, -0.05) is 38.3 Å². The summed E-state index contributed by atoms with van der Waals surface area (Å²) in [5.41, 5.74) is 1.11. The highest BCUT2D eigenvalue weighted by molar-refractivity contribution is 9.25. The molecule has 0 spiro atoms. The Morgan fingerprint density at radius 3 is 2.08 bits per heavy atom. The Bertz CT molecular complexity index is 277. The number of hydrogen-bond donors (Lipinski definition) is 0. The van der Waals surface area contributed by atoms with Crippen molar-refractivity contribution in [3.05, 3.63) is 0 Å². The van der Waals surface area contributed by atoms with Crippen molar-refractivity contribution in [3.63, 3.8) is 0 Å². The van der Waals surface area contributed by atoms with Gasteiger partial charge in [-0.15, -0.1) is 0 Å². The van der Waals surface area contributed by atoms with E-state index in [0.29, 0.717) is 23.0 Å².